The summed E-state index contributed by atoms with van der Waals surface area (Å²) in [6, 6.07) is 5.54. The average molecular weight is 319 g/mol. The number of thiophene rings is 1. The maximum Gasteiger partial charge on any atom is 0.348 e. The van der Waals surface area contributed by atoms with E-state index in [9.17, 15) is 9.59 Å². The van der Waals surface area contributed by atoms with E-state index >= 15 is 0 Å². The zero-order valence-electron chi connectivity index (χ0n) is 12.0. The maximum atomic E-state index is 11.9. The largest absolute Gasteiger partial charge is 0.451 e. The fourth-order valence-corrected chi connectivity index (χ4v) is 3.24. The Morgan fingerprint density at radius 2 is 2.18 bits per heavy atom. The molecule has 1 saturated carbocycles. The highest BCUT2D eigenvalue weighted by Gasteiger charge is 2.20. The summed E-state index contributed by atoms with van der Waals surface area (Å²) < 4.78 is 6.85. The maximum absolute atomic E-state index is 11.9. The minimum absolute atomic E-state index is 0.299. The van der Waals surface area contributed by atoms with E-state index in [-0.39, 0.29) is 12.5 Å². The minimum Gasteiger partial charge on any atom is -0.451 e. The number of carbonyl (C=O) groups excluding carboxylic acids is 2. The molecule has 2 aromatic rings. The molecule has 22 heavy (non-hydrogen) atoms. The van der Waals surface area contributed by atoms with Crippen LogP contribution in [0.2, 0.25) is 0 Å². The van der Waals surface area contributed by atoms with Gasteiger partial charge in [-0.15, -0.1) is 11.3 Å². The second-order valence-corrected chi connectivity index (χ2v) is 6.15. The standard InChI is InChI=1S/C15H17N3O3S/c19-14(10-21-15(20)12-6-3-9-22-12)17-13-7-8-16-18(13)11-4-1-2-5-11/h3,6-9,11H,1-2,4-5,10H2,(H,17,19). The van der Waals surface area contributed by atoms with Crippen molar-refractivity contribution in [3.05, 3.63) is 34.7 Å². The Hall–Kier alpha value is -2.15. The van der Waals surface area contributed by atoms with E-state index in [4.69, 9.17) is 4.74 Å². The highest BCUT2D eigenvalue weighted by Crippen LogP contribution is 2.31. The first-order chi connectivity index (χ1) is 10.7. The number of amides is 1. The van der Waals surface area contributed by atoms with Crippen LogP contribution in [-0.4, -0.2) is 28.3 Å². The van der Waals surface area contributed by atoms with Crippen molar-refractivity contribution < 1.29 is 14.3 Å². The number of nitrogens with zero attached hydrogens (tertiary/aromatic N) is 2. The lowest BCUT2D eigenvalue weighted by atomic mass is 10.2. The number of nitrogens with one attached hydrogen (secondary N) is 1. The van der Waals surface area contributed by atoms with Crippen LogP contribution >= 0.6 is 11.3 Å². The van der Waals surface area contributed by atoms with Crippen LogP contribution in [0.4, 0.5) is 5.82 Å². The van der Waals surface area contributed by atoms with Gasteiger partial charge in [-0.3, -0.25) is 4.79 Å². The summed E-state index contributed by atoms with van der Waals surface area (Å²) in [7, 11) is 0. The van der Waals surface area contributed by atoms with Gasteiger partial charge in [0.25, 0.3) is 5.91 Å². The summed E-state index contributed by atoms with van der Waals surface area (Å²) in [4.78, 5) is 24.1. The number of aromatic nitrogens is 2. The fraction of sp³-hybridized carbons (Fsp3) is 0.400. The predicted molar refractivity (Wildman–Crippen MR) is 83.0 cm³/mol. The van der Waals surface area contributed by atoms with E-state index in [0.717, 1.165) is 12.8 Å². The van der Waals surface area contributed by atoms with Gasteiger partial charge in [0.05, 0.1) is 12.2 Å². The molecule has 1 aliphatic carbocycles. The van der Waals surface area contributed by atoms with Crippen LogP contribution in [0.5, 0.6) is 0 Å². The second kappa shape index (κ2) is 6.74. The Morgan fingerprint density at radius 1 is 1.36 bits per heavy atom. The third-order valence-corrected chi connectivity index (χ3v) is 4.51. The summed E-state index contributed by atoms with van der Waals surface area (Å²) in [5, 5.41) is 8.83. The van der Waals surface area contributed by atoms with Crippen molar-refractivity contribution >= 4 is 29.0 Å². The highest BCUT2D eigenvalue weighted by molar-refractivity contribution is 7.11. The molecule has 1 aliphatic rings. The molecule has 0 aromatic carbocycles. The molecule has 0 saturated heterocycles. The summed E-state index contributed by atoms with van der Waals surface area (Å²) in [5.41, 5.74) is 0. The summed E-state index contributed by atoms with van der Waals surface area (Å²) >= 11 is 1.29. The Labute approximate surface area is 132 Å². The van der Waals surface area contributed by atoms with Crippen LogP contribution in [0.25, 0.3) is 0 Å². The topological polar surface area (TPSA) is 73.2 Å². The molecule has 0 radical (unpaired) electrons. The lowest BCUT2D eigenvalue weighted by Crippen LogP contribution is -2.23. The van der Waals surface area contributed by atoms with Crippen molar-refractivity contribution in [2.45, 2.75) is 31.7 Å². The number of anilines is 1. The number of rotatable bonds is 5. The molecule has 6 nitrogen and oxygen atoms in total. The monoisotopic (exact) mass is 319 g/mol. The SMILES string of the molecule is O=C(COC(=O)c1cccs1)Nc1ccnn1C1CCCC1. The van der Waals surface area contributed by atoms with E-state index < -0.39 is 5.97 Å². The van der Waals surface area contributed by atoms with Crippen LogP contribution in [0.1, 0.15) is 41.4 Å². The van der Waals surface area contributed by atoms with Crippen LogP contribution in [0.3, 0.4) is 0 Å². The molecule has 1 fully saturated rings. The molecule has 0 bridgehead atoms. The van der Waals surface area contributed by atoms with E-state index in [1.165, 1.54) is 24.2 Å². The lowest BCUT2D eigenvalue weighted by molar-refractivity contribution is -0.119. The van der Waals surface area contributed by atoms with Gasteiger partial charge in [0.2, 0.25) is 0 Å². The molecule has 3 rings (SSSR count). The Kier molecular flexibility index (Phi) is 4.53. The first kappa shape index (κ1) is 14.8. The van der Waals surface area contributed by atoms with Crippen molar-refractivity contribution in [2.24, 2.45) is 0 Å². The zero-order chi connectivity index (χ0) is 15.4. The second-order valence-electron chi connectivity index (χ2n) is 5.20. The molecule has 2 aromatic heterocycles. The smallest absolute Gasteiger partial charge is 0.348 e. The first-order valence-electron chi connectivity index (χ1n) is 7.28. The van der Waals surface area contributed by atoms with Gasteiger partial charge in [0.15, 0.2) is 6.61 Å². The van der Waals surface area contributed by atoms with Crippen LogP contribution in [0, 0.1) is 0 Å². The van der Waals surface area contributed by atoms with Gasteiger partial charge in [0.1, 0.15) is 10.7 Å². The molecule has 116 valence electrons. The molecule has 1 N–H and O–H groups in total. The van der Waals surface area contributed by atoms with Crippen molar-refractivity contribution in [1.82, 2.24) is 9.78 Å². The summed E-state index contributed by atoms with van der Waals surface area (Å²) in [6.45, 7) is -0.299. The zero-order valence-corrected chi connectivity index (χ0v) is 12.8. The summed E-state index contributed by atoms with van der Waals surface area (Å²) in [5.74, 6) is -0.178. The summed E-state index contributed by atoms with van der Waals surface area (Å²) in [6.07, 6.45) is 6.22. The molecule has 7 heteroatoms. The van der Waals surface area contributed by atoms with E-state index in [1.807, 2.05) is 4.68 Å². The van der Waals surface area contributed by atoms with Gasteiger partial charge in [-0.1, -0.05) is 18.9 Å². The van der Waals surface area contributed by atoms with Crippen molar-refractivity contribution in [3.8, 4) is 0 Å². The Bertz CT molecular complexity index is 645. The average Bonchev–Trinajstić information content (AvgIpc) is 3.24. The molecular formula is C15H17N3O3S. The third kappa shape index (κ3) is 3.36. The number of esters is 1. The normalized spacial score (nSPS) is 14.9. The number of hydrogen-bond acceptors (Lipinski definition) is 5. The number of hydrogen-bond donors (Lipinski definition) is 1. The molecule has 1 amide bonds. The Balaban J connectivity index is 1.54. The minimum atomic E-state index is -0.477. The molecule has 0 spiro atoms. The van der Waals surface area contributed by atoms with Gasteiger partial charge < -0.3 is 10.1 Å². The third-order valence-electron chi connectivity index (χ3n) is 3.67. The van der Waals surface area contributed by atoms with Gasteiger partial charge in [-0.2, -0.15) is 5.10 Å². The van der Waals surface area contributed by atoms with E-state index in [1.54, 1.807) is 29.8 Å². The quantitative estimate of drug-likeness (QED) is 0.860. The highest BCUT2D eigenvalue weighted by atomic mass is 32.1. The molecule has 2 heterocycles. The van der Waals surface area contributed by atoms with Gasteiger partial charge in [0, 0.05) is 6.07 Å². The van der Waals surface area contributed by atoms with E-state index in [2.05, 4.69) is 10.4 Å². The molecule has 0 aliphatic heterocycles. The van der Waals surface area contributed by atoms with Crippen molar-refractivity contribution in [3.63, 3.8) is 0 Å². The fourth-order valence-electron chi connectivity index (χ4n) is 2.63. The Morgan fingerprint density at radius 3 is 2.91 bits per heavy atom. The first-order valence-corrected chi connectivity index (χ1v) is 8.16. The van der Waals surface area contributed by atoms with Crippen LogP contribution < -0.4 is 5.32 Å². The molecule has 0 unspecified atom stereocenters. The predicted octanol–water partition coefficient (Wildman–Crippen LogP) is 2.86. The number of carbonyl (C=O) groups is 2. The van der Waals surface area contributed by atoms with Crippen LogP contribution in [0.15, 0.2) is 29.8 Å². The van der Waals surface area contributed by atoms with E-state index in [0.29, 0.717) is 16.7 Å². The van der Waals surface area contributed by atoms with Gasteiger partial charge >= 0.3 is 5.97 Å². The molecule has 0 atom stereocenters. The van der Waals surface area contributed by atoms with Gasteiger partial charge in [-0.05, 0) is 24.3 Å². The van der Waals surface area contributed by atoms with Crippen molar-refractivity contribution in [1.29, 1.82) is 0 Å². The lowest BCUT2D eigenvalue weighted by Gasteiger charge is -2.14. The van der Waals surface area contributed by atoms with Crippen molar-refractivity contribution in [2.75, 3.05) is 11.9 Å². The number of ether oxygens (including phenoxy) is 1. The van der Waals surface area contributed by atoms with Crippen LogP contribution in [-0.2, 0) is 9.53 Å². The van der Waals surface area contributed by atoms with Gasteiger partial charge in [-0.25, -0.2) is 9.48 Å². The molecular weight excluding hydrogens is 302 g/mol.